The summed E-state index contributed by atoms with van der Waals surface area (Å²) in [6, 6.07) is 11.3. The van der Waals surface area contributed by atoms with Gasteiger partial charge in [0.05, 0.1) is 13.7 Å². The van der Waals surface area contributed by atoms with Crippen molar-refractivity contribution >= 4 is 23.2 Å². The summed E-state index contributed by atoms with van der Waals surface area (Å²) in [5.74, 6) is 0.865. The van der Waals surface area contributed by atoms with Crippen LogP contribution in [-0.2, 0) is 11.3 Å². The number of methoxy groups -OCH3 is 1. The fourth-order valence-corrected chi connectivity index (χ4v) is 2.93. The van der Waals surface area contributed by atoms with Gasteiger partial charge in [-0.1, -0.05) is 23.7 Å². The standard InChI is InChI=1S/C19H23ClN2O2/c1-13-9-15(10-14(2)19(13)24-4)11-22(3)12-18(23)21-17-7-5-16(20)6-8-17/h5-10H,11-12H2,1-4H3,(H,21,23). The van der Waals surface area contributed by atoms with Gasteiger partial charge in [0.2, 0.25) is 5.91 Å². The number of nitrogens with one attached hydrogen (secondary N) is 1. The van der Waals surface area contributed by atoms with E-state index < -0.39 is 0 Å². The number of aryl methyl sites for hydroxylation is 2. The Labute approximate surface area is 148 Å². The lowest BCUT2D eigenvalue weighted by Gasteiger charge is -2.18. The van der Waals surface area contributed by atoms with Crippen molar-refractivity contribution in [3.8, 4) is 5.75 Å². The molecule has 0 saturated heterocycles. The van der Waals surface area contributed by atoms with Gasteiger partial charge in [0.1, 0.15) is 5.75 Å². The van der Waals surface area contributed by atoms with Gasteiger partial charge in [-0.05, 0) is 61.9 Å². The van der Waals surface area contributed by atoms with Gasteiger partial charge in [-0.3, -0.25) is 9.69 Å². The Bertz CT molecular complexity index is 691. The quantitative estimate of drug-likeness (QED) is 0.858. The smallest absolute Gasteiger partial charge is 0.238 e. The van der Waals surface area contributed by atoms with E-state index in [1.165, 1.54) is 0 Å². The van der Waals surface area contributed by atoms with Crippen LogP contribution in [0.25, 0.3) is 0 Å². The number of ether oxygens (including phenoxy) is 1. The number of carbonyl (C=O) groups excluding carboxylic acids is 1. The molecule has 0 aliphatic heterocycles. The van der Waals surface area contributed by atoms with Gasteiger partial charge in [-0.15, -0.1) is 0 Å². The fourth-order valence-electron chi connectivity index (χ4n) is 2.80. The summed E-state index contributed by atoms with van der Waals surface area (Å²) in [5, 5.41) is 3.52. The summed E-state index contributed by atoms with van der Waals surface area (Å²) in [4.78, 5) is 14.1. The maximum absolute atomic E-state index is 12.1. The average Bonchev–Trinajstić information content (AvgIpc) is 2.49. The number of benzene rings is 2. The number of likely N-dealkylation sites (N-methyl/N-ethyl adjacent to an activating group) is 1. The summed E-state index contributed by atoms with van der Waals surface area (Å²) in [6.07, 6.45) is 0. The van der Waals surface area contributed by atoms with E-state index >= 15 is 0 Å². The molecule has 2 aromatic carbocycles. The molecule has 0 radical (unpaired) electrons. The van der Waals surface area contributed by atoms with Crippen LogP contribution in [0.15, 0.2) is 36.4 Å². The number of carbonyl (C=O) groups is 1. The Hall–Kier alpha value is -2.04. The van der Waals surface area contributed by atoms with Gasteiger partial charge >= 0.3 is 0 Å². The van der Waals surface area contributed by atoms with Crippen LogP contribution >= 0.6 is 11.6 Å². The number of anilines is 1. The molecule has 0 aromatic heterocycles. The van der Waals surface area contributed by atoms with Gasteiger partial charge < -0.3 is 10.1 Å². The van der Waals surface area contributed by atoms with Crippen molar-refractivity contribution in [3.05, 3.63) is 58.1 Å². The largest absolute Gasteiger partial charge is 0.496 e. The molecule has 4 nitrogen and oxygen atoms in total. The summed E-state index contributed by atoms with van der Waals surface area (Å²) in [5.41, 5.74) is 4.11. The van der Waals surface area contributed by atoms with Crippen LogP contribution in [0.5, 0.6) is 5.75 Å². The topological polar surface area (TPSA) is 41.6 Å². The molecule has 0 bridgehead atoms. The van der Waals surface area contributed by atoms with Gasteiger partial charge in [0.25, 0.3) is 0 Å². The molecular weight excluding hydrogens is 324 g/mol. The number of amides is 1. The van der Waals surface area contributed by atoms with Crippen molar-refractivity contribution in [2.24, 2.45) is 0 Å². The number of halogens is 1. The molecule has 5 heteroatoms. The maximum Gasteiger partial charge on any atom is 0.238 e. The highest BCUT2D eigenvalue weighted by Crippen LogP contribution is 2.24. The lowest BCUT2D eigenvalue weighted by molar-refractivity contribution is -0.117. The van der Waals surface area contributed by atoms with E-state index in [1.54, 1.807) is 31.4 Å². The highest BCUT2D eigenvalue weighted by molar-refractivity contribution is 6.30. The number of nitrogens with zero attached hydrogens (tertiary/aromatic N) is 1. The average molecular weight is 347 g/mol. The third-order valence-corrected chi connectivity index (χ3v) is 3.97. The first-order chi connectivity index (χ1) is 11.4. The predicted molar refractivity (Wildman–Crippen MR) is 98.9 cm³/mol. The van der Waals surface area contributed by atoms with Crippen LogP contribution in [0.3, 0.4) is 0 Å². The lowest BCUT2D eigenvalue weighted by Crippen LogP contribution is -2.29. The molecule has 24 heavy (non-hydrogen) atoms. The molecule has 0 heterocycles. The summed E-state index contributed by atoms with van der Waals surface area (Å²) >= 11 is 5.84. The Morgan fingerprint density at radius 1 is 1.17 bits per heavy atom. The molecule has 0 atom stereocenters. The Morgan fingerprint density at radius 2 is 1.75 bits per heavy atom. The zero-order valence-corrected chi connectivity index (χ0v) is 15.3. The maximum atomic E-state index is 12.1. The normalized spacial score (nSPS) is 10.8. The first kappa shape index (κ1) is 18.3. The zero-order valence-electron chi connectivity index (χ0n) is 14.5. The molecule has 0 unspecified atom stereocenters. The molecule has 0 aliphatic carbocycles. The van der Waals surface area contributed by atoms with E-state index in [9.17, 15) is 4.79 Å². The minimum absolute atomic E-state index is 0.0539. The van der Waals surface area contributed by atoms with Crippen LogP contribution in [-0.4, -0.2) is 31.5 Å². The first-order valence-corrected chi connectivity index (χ1v) is 8.15. The highest BCUT2D eigenvalue weighted by atomic mass is 35.5. The molecule has 0 spiro atoms. The van der Waals surface area contributed by atoms with E-state index in [0.717, 1.165) is 28.1 Å². The van der Waals surface area contributed by atoms with E-state index in [-0.39, 0.29) is 5.91 Å². The Kier molecular flexibility index (Phi) is 6.23. The predicted octanol–water partition coefficient (Wildman–Crippen LogP) is 4.04. The van der Waals surface area contributed by atoms with Gasteiger partial charge in [0.15, 0.2) is 0 Å². The molecule has 2 aromatic rings. The SMILES string of the molecule is COc1c(C)cc(CN(C)CC(=O)Nc2ccc(Cl)cc2)cc1C. The fraction of sp³-hybridized carbons (Fsp3) is 0.316. The lowest BCUT2D eigenvalue weighted by atomic mass is 10.1. The Morgan fingerprint density at radius 3 is 2.29 bits per heavy atom. The second-order valence-corrected chi connectivity index (χ2v) is 6.43. The van der Waals surface area contributed by atoms with E-state index in [2.05, 4.69) is 17.4 Å². The van der Waals surface area contributed by atoms with Crippen molar-refractivity contribution in [2.45, 2.75) is 20.4 Å². The molecular formula is C19H23ClN2O2. The van der Waals surface area contributed by atoms with E-state index in [4.69, 9.17) is 16.3 Å². The number of hydrogen-bond donors (Lipinski definition) is 1. The highest BCUT2D eigenvalue weighted by Gasteiger charge is 2.10. The minimum Gasteiger partial charge on any atom is -0.496 e. The monoisotopic (exact) mass is 346 g/mol. The van der Waals surface area contributed by atoms with Gasteiger partial charge in [-0.2, -0.15) is 0 Å². The molecule has 2 rings (SSSR count). The molecule has 1 N–H and O–H groups in total. The molecule has 128 valence electrons. The number of rotatable bonds is 6. The van der Waals surface area contributed by atoms with Crippen LogP contribution in [0.2, 0.25) is 5.02 Å². The second kappa shape index (κ2) is 8.18. The van der Waals surface area contributed by atoms with Gasteiger partial charge in [0, 0.05) is 17.3 Å². The summed E-state index contributed by atoms with van der Waals surface area (Å²) < 4.78 is 5.39. The molecule has 0 fully saturated rings. The summed E-state index contributed by atoms with van der Waals surface area (Å²) in [6.45, 7) is 5.07. The van der Waals surface area contributed by atoms with Crippen molar-refractivity contribution < 1.29 is 9.53 Å². The van der Waals surface area contributed by atoms with Crippen LogP contribution in [0.4, 0.5) is 5.69 Å². The van der Waals surface area contributed by atoms with Crippen molar-refractivity contribution in [2.75, 3.05) is 26.0 Å². The third kappa shape index (κ3) is 4.98. The minimum atomic E-state index is -0.0539. The third-order valence-electron chi connectivity index (χ3n) is 3.72. The molecule has 0 saturated carbocycles. The molecule has 0 aliphatic rings. The summed E-state index contributed by atoms with van der Waals surface area (Å²) in [7, 11) is 3.61. The second-order valence-electron chi connectivity index (χ2n) is 5.99. The van der Waals surface area contributed by atoms with Crippen LogP contribution in [0.1, 0.15) is 16.7 Å². The van der Waals surface area contributed by atoms with Gasteiger partial charge in [-0.25, -0.2) is 0 Å². The van der Waals surface area contributed by atoms with Crippen LogP contribution in [0, 0.1) is 13.8 Å². The molecule has 1 amide bonds. The van der Waals surface area contributed by atoms with Crippen molar-refractivity contribution in [3.63, 3.8) is 0 Å². The zero-order chi connectivity index (χ0) is 17.7. The van der Waals surface area contributed by atoms with Crippen LogP contribution < -0.4 is 10.1 Å². The number of hydrogen-bond acceptors (Lipinski definition) is 3. The van der Waals surface area contributed by atoms with E-state index in [0.29, 0.717) is 18.1 Å². The first-order valence-electron chi connectivity index (χ1n) is 7.77. The Balaban J connectivity index is 1.94. The van der Waals surface area contributed by atoms with Crippen molar-refractivity contribution in [1.82, 2.24) is 4.90 Å². The van der Waals surface area contributed by atoms with Crippen molar-refractivity contribution in [1.29, 1.82) is 0 Å². The van der Waals surface area contributed by atoms with E-state index in [1.807, 2.05) is 25.8 Å².